The molecule has 2 aromatic carbocycles. The summed E-state index contributed by atoms with van der Waals surface area (Å²) in [6, 6.07) is 18.7. The average molecular weight is 390 g/mol. The summed E-state index contributed by atoms with van der Waals surface area (Å²) in [4.78, 5) is 19.6. The number of fused-ring (bicyclic) bond motifs is 1. The van der Waals surface area contributed by atoms with E-state index in [0.717, 1.165) is 22.5 Å². The highest BCUT2D eigenvalue weighted by atomic mass is 32.1. The quantitative estimate of drug-likeness (QED) is 0.729. The highest BCUT2D eigenvalue weighted by Crippen LogP contribution is 2.28. The number of aliphatic imine (C=N–C) groups is 1. The SMILES string of the molecule is Cc1ccc2c(c1)C(c1ccccc1)=NC[C@H](CNC(=O)c1ccsc1)N2C. The number of carbonyl (C=O) groups excluding carboxylic acids is 1. The summed E-state index contributed by atoms with van der Waals surface area (Å²) in [5, 5.41) is 6.86. The number of amides is 1. The van der Waals surface area contributed by atoms with E-state index in [1.807, 2.05) is 35.0 Å². The Morgan fingerprint density at radius 1 is 1.21 bits per heavy atom. The molecule has 2 heterocycles. The van der Waals surface area contributed by atoms with Gasteiger partial charge in [0.2, 0.25) is 0 Å². The highest BCUT2D eigenvalue weighted by Gasteiger charge is 2.25. The van der Waals surface area contributed by atoms with Gasteiger partial charge in [-0.3, -0.25) is 9.79 Å². The first-order chi connectivity index (χ1) is 13.6. The van der Waals surface area contributed by atoms with Gasteiger partial charge in [-0.1, -0.05) is 42.0 Å². The monoisotopic (exact) mass is 389 g/mol. The number of likely N-dealkylation sites (N-methyl/N-ethyl adjacent to an activating group) is 1. The molecule has 0 saturated heterocycles. The van der Waals surface area contributed by atoms with Crippen LogP contribution in [0.15, 0.2) is 70.3 Å². The molecule has 1 amide bonds. The molecule has 1 aliphatic rings. The minimum atomic E-state index is -0.0321. The smallest absolute Gasteiger partial charge is 0.252 e. The van der Waals surface area contributed by atoms with Crippen molar-refractivity contribution in [1.82, 2.24) is 5.32 Å². The maximum absolute atomic E-state index is 12.4. The molecular weight excluding hydrogens is 366 g/mol. The van der Waals surface area contributed by atoms with Gasteiger partial charge in [0.15, 0.2) is 0 Å². The zero-order valence-electron chi connectivity index (χ0n) is 16.1. The van der Waals surface area contributed by atoms with Gasteiger partial charge in [0.25, 0.3) is 5.91 Å². The van der Waals surface area contributed by atoms with Crippen LogP contribution < -0.4 is 10.2 Å². The number of anilines is 1. The summed E-state index contributed by atoms with van der Waals surface area (Å²) in [5.41, 5.74) is 6.33. The molecule has 28 heavy (non-hydrogen) atoms. The Labute approximate surface area is 169 Å². The number of aryl methyl sites for hydroxylation is 1. The van der Waals surface area contributed by atoms with E-state index in [9.17, 15) is 4.79 Å². The van der Waals surface area contributed by atoms with Gasteiger partial charge in [-0.15, -0.1) is 0 Å². The number of hydrogen-bond donors (Lipinski definition) is 1. The Morgan fingerprint density at radius 3 is 2.79 bits per heavy atom. The van der Waals surface area contributed by atoms with Crippen molar-refractivity contribution >= 4 is 28.6 Å². The minimum Gasteiger partial charge on any atom is -0.367 e. The number of rotatable bonds is 4. The third kappa shape index (κ3) is 3.71. The van der Waals surface area contributed by atoms with Crippen molar-refractivity contribution in [1.29, 1.82) is 0 Å². The molecule has 0 bridgehead atoms. The number of thiophene rings is 1. The lowest BCUT2D eigenvalue weighted by Crippen LogP contribution is -2.43. The summed E-state index contributed by atoms with van der Waals surface area (Å²) < 4.78 is 0. The maximum atomic E-state index is 12.4. The van der Waals surface area contributed by atoms with Crippen LogP contribution in [0.4, 0.5) is 5.69 Å². The second kappa shape index (κ2) is 7.98. The standard InChI is InChI=1S/C23H23N3OS/c1-16-8-9-21-20(12-16)22(17-6-4-3-5-7-17)24-13-19(26(21)2)14-25-23(27)18-10-11-28-15-18/h3-12,15,19H,13-14H2,1-2H3,(H,25,27)/t19-/m1/s1. The molecular formula is C23H23N3OS. The van der Waals surface area contributed by atoms with Gasteiger partial charge in [-0.2, -0.15) is 11.3 Å². The number of benzene rings is 2. The number of hydrogen-bond acceptors (Lipinski definition) is 4. The fourth-order valence-corrected chi connectivity index (χ4v) is 4.13. The van der Waals surface area contributed by atoms with Gasteiger partial charge in [0, 0.05) is 41.4 Å². The van der Waals surface area contributed by atoms with E-state index in [-0.39, 0.29) is 11.9 Å². The Balaban J connectivity index is 1.64. The number of nitrogens with zero attached hydrogens (tertiary/aromatic N) is 2. The second-order valence-corrected chi connectivity index (χ2v) is 7.84. The van der Waals surface area contributed by atoms with Gasteiger partial charge < -0.3 is 10.2 Å². The van der Waals surface area contributed by atoms with Gasteiger partial charge in [-0.05, 0) is 30.5 Å². The third-order valence-electron chi connectivity index (χ3n) is 5.12. The van der Waals surface area contributed by atoms with Crippen LogP contribution in [0.2, 0.25) is 0 Å². The van der Waals surface area contributed by atoms with E-state index in [1.54, 1.807) is 0 Å². The minimum absolute atomic E-state index is 0.0321. The number of nitrogens with one attached hydrogen (secondary N) is 1. The molecule has 4 rings (SSSR count). The normalized spacial score (nSPS) is 16.1. The zero-order chi connectivity index (χ0) is 19.5. The Kier molecular flexibility index (Phi) is 5.26. The fourth-order valence-electron chi connectivity index (χ4n) is 3.50. The second-order valence-electron chi connectivity index (χ2n) is 7.06. The van der Waals surface area contributed by atoms with Crippen molar-refractivity contribution in [2.75, 3.05) is 25.0 Å². The molecule has 0 fully saturated rings. The van der Waals surface area contributed by atoms with Crippen molar-refractivity contribution in [3.05, 3.63) is 87.6 Å². The summed E-state index contributed by atoms with van der Waals surface area (Å²) in [6.45, 7) is 3.27. The summed E-state index contributed by atoms with van der Waals surface area (Å²) in [7, 11) is 2.08. The first-order valence-electron chi connectivity index (χ1n) is 9.37. The summed E-state index contributed by atoms with van der Waals surface area (Å²) in [5.74, 6) is -0.0321. The lowest BCUT2D eigenvalue weighted by atomic mass is 9.98. The van der Waals surface area contributed by atoms with Crippen LogP contribution in [0.5, 0.6) is 0 Å². The predicted molar refractivity (Wildman–Crippen MR) is 117 cm³/mol. The topological polar surface area (TPSA) is 44.7 Å². The van der Waals surface area contributed by atoms with E-state index in [2.05, 4.69) is 54.5 Å². The molecule has 1 N–H and O–H groups in total. The molecule has 0 unspecified atom stereocenters. The number of benzodiazepines with no additional fused rings is 1. The van der Waals surface area contributed by atoms with E-state index in [1.165, 1.54) is 16.9 Å². The molecule has 5 heteroatoms. The van der Waals surface area contributed by atoms with Crippen molar-refractivity contribution in [2.24, 2.45) is 4.99 Å². The molecule has 0 aliphatic carbocycles. The molecule has 142 valence electrons. The van der Waals surface area contributed by atoms with Gasteiger partial charge in [-0.25, -0.2) is 0 Å². The van der Waals surface area contributed by atoms with Crippen LogP contribution >= 0.6 is 11.3 Å². The molecule has 0 radical (unpaired) electrons. The number of carbonyl (C=O) groups is 1. The molecule has 3 aromatic rings. The lowest BCUT2D eigenvalue weighted by molar-refractivity contribution is 0.0952. The zero-order valence-corrected chi connectivity index (χ0v) is 16.9. The fraction of sp³-hybridized carbons (Fsp3) is 0.217. The first kappa shape index (κ1) is 18.4. The van der Waals surface area contributed by atoms with Crippen molar-refractivity contribution in [3.8, 4) is 0 Å². The molecule has 1 aromatic heterocycles. The van der Waals surface area contributed by atoms with Gasteiger partial charge in [0.1, 0.15) is 0 Å². The van der Waals surface area contributed by atoms with Crippen LogP contribution in [0.1, 0.15) is 27.0 Å². The largest absolute Gasteiger partial charge is 0.367 e. The van der Waals surface area contributed by atoms with E-state index >= 15 is 0 Å². The van der Waals surface area contributed by atoms with Crippen molar-refractivity contribution in [3.63, 3.8) is 0 Å². The maximum Gasteiger partial charge on any atom is 0.252 e. The van der Waals surface area contributed by atoms with Gasteiger partial charge in [0.05, 0.1) is 18.3 Å². The molecule has 4 nitrogen and oxygen atoms in total. The van der Waals surface area contributed by atoms with Crippen molar-refractivity contribution < 1.29 is 4.79 Å². The third-order valence-corrected chi connectivity index (χ3v) is 5.81. The molecule has 1 aliphatic heterocycles. The van der Waals surface area contributed by atoms with Crippen LogP contribution in [0.3, 0.4) is 0 Å². The predicted octanol–water partition coefficient (Wildman–Crippen LogP) is 4.14. The van der Waals surface area contributed by atoms with Crippen molar-refractivity contribution in [2.45, 2.75) is 13.0 Å². The first-order valence-corrected chi connectivity index (χ1v) is 10.3. The van der Waals surface area contributed by atoms with Crippen LogP contribution in [0.25, 0.3) is 0 Å². The van der Waals surface area contributed by atoms with E-state index in [0.29, 0.717) is 18.7 Å². The molecule has 1 atom stereocenters. The van der Waals surface area contributed by atoms with Crippen LogP contribution in [-0.2, 0) is 0 Å². The van der Waals surface area contributed by atoms with Crippen LogP contribution in [0, 0.1) is 6.92 Å². The lowest BCUT2D eigenvalue weighted by Gasteiger charge is -2.29. The molecule has 0 saturated carbocycles. The Morgan fingerprint density at radius 2 is 2.04 bits per heavy atom. The summed E-state index contributed by atoms with van der Waals surface area (Å²) >= 11 is 1.53. The van der Waals surface area contributed by atoms with Crippen LogP contribution in [-0.4, -0.2) is 37.8 Å². The highest BCUT2D eigenvalue weighted by molar-refractivity contribution is 7.08. The summed E-state index contributed by atoms with van der Waals surface area (Å²) in [6.07, 6.45) is 0. The molecule has 0 spiro atoms. The Hall–Kier alpha value is -2.92. The van der Waals surface area contributed by atoms with E-state index in [4.69, 9.17) is 4.99 Å². The Bertz CT molecular complexity index is 996. The van der Waals surface area contributed by atoms with E-state index < -0.39 is 0 Å². The average Bonchev–Trinajstić information content (AvgIpc) is 3.21. The van der Waals surface area contributed by atoms with Gasteiger partial charge >= 0.3 is 0 Å².